The zero-order valence-corrected chi connectivity index (χ0v) is 25.0. The van der Waals surface area contributed by atoms with Crippen LogP contribution in [0, 0.1) is 17.8 Å². The first kappa shape index (κ1) is 25.2. The van der Waals surface area contributed by atoms with Gasteiger partial charge in [-0.25, -0.2) is 4.98 Å². The minimum Gasteiger partial charge on any atom is -0.382 e. The van der Waals surface area contributed by atoms with Gasteiger partial charge in [0.05, 0.1) is 32.5 Å². The van der Waals surface area contributed by atoms with Gasteiger partial charge in [0.2, 0.25) is 0 Å². The molecule has 4 aromatic rings. The van der Waals surface area contributed by atoms with E-state index in [1.165, 1.54) is 0 Å². The van der Waals surface area contributed by atoms with Crippen molar-refractivity contribution in [2.45, 2.75) is 68.7 Å². The molecule has 2 aromatic heterocycles. The van der Waals surface area contributed by atoms with Crippen molar-refractivity contribution < 1.29 is 14.4 Å². The molecule has 0 amide bonds. The summed E-state index contributed by atoms with van der Waals surface area (Å²) in [5.41, 5.74) is 2.16. The number of thiazole rings is 1. The highest BCUT2D eigenvalue weighted by atomic mass is 79.9. The molecule has 5 aliphatic rings. The third kappa shape index (κ3) is 3.98. The molecule has 0 radical (unpaired) electrons. The molecule has 202 valence electrons. The summed E-state index contributed by atoms with van der Waals surface area (Å²) < 4.78 is 15.0. The molecule has 0 spiro atoms. The normalized spacial score (nSPS) is 31.4. The van der Waals surface area contributed by atoms with Crippen LogP contribution < -0.4 is 0 Å². The van der Waals surface area contributed by atoms with Crippen molar-refractivity contribution in [2.75, 3.05) is 0 Å². The number of halogens is 3. The number of aromatic nitrogens is 2. The van der Waals surface area contributed by atoms with E-state index in [0.717, 1.165) is 76.0 Å². The highest BCUT2D eigenvalue weighted by Crippen LogP contribution is 2.65. The SMILES string of the molecule is OC1(c2nc3ccc(Br)cc3s2)C2CC3CC1CC(OCc1c(-c4c(Cl)cccc4Cl)noc1C1CC1)(C3)C2. The summed E-state index contributed by atoms with van der Waals surface area (Å²) >= 11 is 18.4. The Bertz CT molecular complexity index is 1580. The van der Waals surface area contributed by atoms with Crippen molar-refractivity contribution in [3.05, 3.63) is 67.2 Å². The van der Waals surface area contributed by atoms with Crippen LogP contribution in [0.25, 0.3) is 21.5 Å². The fourth-order valence-corrected chi connectivity index (χ4v) is 10.1. The predicted molar refractivity (Wildman–Crippen MR) is 156 cm³/mol. The van der Waals surface area contributed by atoms with Crippen molar-refractivity contribution in [1.82, 2.24) is 10.1 Å². The molecule has 1 N–H and O–H groups in total. The largest absolute Gasteiger partial charge is 0.382 e. The van der Waals surface area contributed by atoms with Crippen LogP contribution in [0.15, 0.2) is 45.4 Å². The fraction of sp³-hybridized carbons (Fsp3) is 0.467. The molecular formula is C30H27BrCl2N2O3S. The van der Waals surface area contributed by atoms with Crippen molar-refractivity contribution in [3.63, 3.8) is 0 Å². The lowest BCUT2D eigenvalue weighted by atomic mass is 9.48. The Hall–Kier alpha value is -1.48. The molecule has 9 rings (SSSR count). The van der Waals surface area contributed by atoms with E-state index in [9.17, 15) is 5.11 Å². The zero-order valence-electron chi connectivity index (χ0n) is 21.1. The minimum absolute atomic E-state index is 0.135. The Balaban J connectivity index is 1.11. The Morgan fingerprint density at radius 1 is 1.08 bits per heavy atom. The molecule has 0 aliphatic heterocycles. The third-order valence-electron chi connectivity index (χ3n) is 9.56. The van der Waals surface area contributed by atoms with Gasteiger partial charge in [0.15, 0.2) is 0 Å². The van der Waals surface area contributed by atoms with Gasteiger partial charge < -0.3 is 14.4 Å². The van der Waals surface area contributed by atoms with Crippen molar-refractivity contribution in [2.24, 2.45) is 17.8 Å². The number of hydrogen-bond donors (Lipinski definition) is 1. The van der Waals surface area contributed by atoms with E-state index >= 15 is 0 Å². The smallest absolute Gasteiger partial charge is 0.145 e. The van der Waals surface area contributed by atoms with E-state index in [-0.39, 0.29) is 17.4 Å². The maximum Gasteiger partial charge on any atom is 0.145 e. The van der Waals surface area contributed by atoms with Crippen LogP contribution in [-0.4, -0.2) is 20.8 Å². The Morgan fingerprint density at radius 2 is 1.82 bits per heavy atom. The number of rotatable bonds is 6. The van der Waals surface area contributed by atoms with E-state index in [0.29, 0.717) is 39.7 Å². The van der Waals surface area contributed by atoms with Gasteiger partial charge in [0.25, 0.3) is 0 Å². The second-order valence-electron chi connectivity index (χ2n) is 12.0. The van der Waals surface area contributed by atoms with Gasteiger partial charge in [-0.3, -0.25) is 0 Å². The van der Waals surface area contributed by atoms with Crippen molar-refractivity contribution in [3.8, 4) is 11.3 Å². The van der Waals surface area contributed by atoms with Crippen molar-refractivity contribution in [1.29, 1.82) is 0 Å². The number of hydrogen-bond acceptors (Lipinski definition) is 6. The molecule has 9 heteroatoms. The second-order valence-corrected chi connectivity index (χ2v) is 14.8. The van der Waals surface area contributed by atoms with Gasteiger partial charge in [-0.2, -0.15) is 0 Å². The van der Waals surface area contributed by atoms with Crippen LogP contribution in [0.2, 0.25) is 10.0 Å². The topological polar surface area (TPSA) is 68.4 Å². The average Bonchev–Trinajstić information content (AvgIpc) is 3.52. The molecule has 5 aliphatic carbocycles. The fourth-order valence-electron chi connectivity index (χ4n) is 7.78. The zero-order chi connectivity index (χ0) is 26.5. The van der Waals surface area contributed by atoms with Crippen molar-refractivity contribution >= 4 is 60.7 Å². The summed E-state index contributed by atoms with van der Waals surface area (Å²) in [7, 11) is 0. The molecule has 2 atom stereocenters. The van der Waals surface area contributed by atoms with Gasteiger partial charge in [-0.15, -0.1) is 11.3 Å². The quantitative estimate of drug-likeness (QED) is 0.227. The van der Waals surface area contributed by atoms with Crippen LogP contribution in [0.3, 0.4) is 0 Å². The molecule has 0 saturated heterocycles. The lowest BCUT2D eigenvalue weighted by Crippen LogP contribution is -2.62. The molecule has 4 bridgehead atoms. The highest BCUT2D eigenvalue weighted by Gasteiger charge is 2.64. The number of ether oxygens (including phenoxy) is 1. The highest BCUT2D eigenvalue weighted by molar-refractivity contribution is 9.10. The molecule has 5 fully saturated rings. The number of aliphatic hydroxyl groups is 1. The summed E-state index contributed by atoms with van der Waals surface area (Å²) in [6, 6.07) is 11.6. The van der Waals surface area contributed by atoms with Gasteiger partial charge >= 0.3 is 0 Å². The number of nitrogens with zero attached hydrogens (tertiary/aromatic N) is 2. The van der Waals surface area contributed by atoms with E-state index in [1.807, 2.05) is 30.3 Å². The summed E-state index contributed by atoms with van der Waals surface area (Å²) in [6.45, 7) is 0.409. The number of benzene rings is 2. The summed E-state index contributed by atoms with van der Waals surface area (Å²) in [4.78, 5) is 4.94. The molecule has 2 aromatic carbocycles. The van der Waals surface area contributed by atoms with Gasteiger partial charge in [0.1, 0.15) is 22.1 Å². The Morgan fingerprint density at radius 3 is 2.54 bits per heavy atom. The van der Waals surface area contributed by atoms with Gasteiger partial charge in [0, 0.05) is 21.5 Å². The van der Waals surface area contributed by atoms with Gasteiger partial charge in [-0.05, 0) is 93.0 Å². The molecular weight excluding hydrogens is 619 g/mol. The summed E-state index contributed by atoms with van der Waals surface area (Å²) in [5, 5.41) is 18.7. The minimum atomic E-state index is -0.896. The van der Waals surface area contributed by atoms with E-state index in [2.05, 4.69) is 27.2 Å². The van der Waals surface area contributed by atoms with Gasteiger partial charge in [-0.1, -0.05) is 50.4 Å². The molecule has 5 nitrogen and oxygen atoms in total. The number of fused-ring (bicyclic) bond motifs is 1. The predicted octanol–water partition coefficient (Wildman–Crippen LogP) is 8.88. The van der Waals surface area contributed by atoms with E-state index in [1.54, 1.807) is 11.3 Å². The molecule has 39 heavy (non-hydrogen) atoms. The summed E-state index contributed by atoms with van der Waals surface area (Å²) in [5.74, 6) is 2.12. The first-order chi connectivity index (χ1) is 18.8. The van der Waals surface area contributed by atoms with Crippen LogP contribution in [0.4, 0.5) is 0 Å². The third-order valence-corrected chi connectivity index (χ3v) is 11.8. The standard InChI is InChI=1S/C30H27BrCl2N2O3S/c31-19-6-7-23-24(10-19)39-28(34-23)30(36)17-8-15-9-18(30)13-29(11-15,12-17)37-14-20-26(35-38-27(20)16-4-5-16)25-21(32)2-1-3-22(25)33/h1-3,6-7,10,15-18,36H,4-5,8-9,11-14H2. The summed E-state index contributed by atoms with van der Waals surface area (Å²) in [6.07, 6.45) is 6.96. The first-order valence-corrected chi connectivity index (χ1v) is 16.1. The first-order valence-electron chi connectivity index (χ1n) is 13.7. The van der Waals surface area contributed by atoms with Crippen LogP contribution in [0.1, 0.15) is 67.2 Å². The molecule has 2 heterocycles. The average molecular weight is 646 g/mol. The van der Waals surface area contributed by atoms with E-state index in [4.69, 9.17) is 37.4 Å². The lowest BCUT2D eigenvalue weighted by Gasteiger charge is -2.62. The van der Waals surface area contributed by atoms with Crippen LogP contribution in [0.5, 0.6) is 0 Å². The Labute approximate surface area is 249 Å². The lowest BCUT2D eigenvalue weighted by molar-refractivity contribution is -0.250. The van der Waals surface area contributed by atoms with Crippen LogP contribution in [-0.2, 0) is 16.9 Å². The van der Waals surface area contributed by atoms with Crippen LogP contribution >= 0.6 is 50.5 Å². The second kappa shape index (κ2) is 9.01. The molecule has 2 unspecified atom stereocenters. The maximum absolute atomic E-state index is 12.3. The monoisotopic (exact) mass is 644 g/mol. The van der Waals surface area contributed by atoms with E-state index < -0.39 is 5.60 Å². The molecule has 5 saturated carbocycles. The maximum atomic E-state index is 12.3. The Kier molecular flexibility index (Phi) is 5.83.